The quantitative estimate of drug-likeness (QED) is 0.793. The molecule has 28 heavy (non-hydrogen) atoms. The second kappa shape index (κ2) is 9.79. The molecule has 2 fully saturated rings. The first-order valence-electron chi connectivity index (χ1n) is 10.4. The Labute approximate surface area is 173 Å². The molecule has 0 bridgehead atoms. The maximum Gasteiger partial charge on any atom is 0.255 e. The van der Waals surface area contributed by atoms with E-state index in [-0.39, 0.29) is 23.2 Å². The van der Waals surface area contributed by atoms with Crippen LogP contribution in [0.2, 0.25) is 0 Å². The molecular weight excluding hydrogens is 370 g/mol. The number of benzene rings is 1. The van der Waals surface area contributed by atoms with Crippen LogP contribution in [0.25, 0.3) is 0 Å². The lowest BCUT2D eigenvalue weighted by Crippen LogP contribution is -2.52. The number of thioether (sulfide) groups is 1. The fourth-order valence-electron chi connectivity index (χ4n) is 4.14. The Morgan fingerprint density at radius 2 is 1.82 bits per heavy atom. The Bertz CT molecular complexity index is 671. The number of nitrogens with one attached hydrogen (secondary N) is 1. The highest BCUT2D eigenvalue weighted by atomic mass is 32.2. The standard InChI is InChI=1S/C22H33N3O2S/c1-16-9-11-17(12-10-16)21(27)25-19(20(26)23-13-14-24(2)3)15-28-22(25)18-7-5-4-6-8-18/h9-12,18-19,22H,4-8,13-15H2,1-3H3,(H,23,26)/t19-,22-/m0/s1. The number of hydrogen-bond acceptors (Lipinski definition) is 4. The highest BCUT2D eigenvalue weighted by Crippen LogP contribution is 2.41. The van der Waals surface area contributed by atoms with Gasteiger partial charge in [0.05, 0.1) is 5.37 Å². The second-order valence-corrected chi connectivity index (χ2v) is 9.46. The number of hydrogen-bond donors (Lipinski definition) is 1. The van der Waals surface area contributed by atoms with Crippen LogP contribution in [0.3, 0.4) is 0 Å². The molecule has 0 spiro atoms. The largest absolute Gasteiger partial charge is 0.353 e. The monoisotopic (exact) mass is 403 g/mol. The predicted molar refractivity (Wildman–Crippen MR) is 116 cm³/mol. The smallest absolute Gasteiger partial charge is 0.255 e. The number of amides is 2. The van der Waals surface area contributed by atoms with E-state index in [0.717, 1.165) is 24.9 Å². The van der Waals surface area contributed by atoms with Gasteiger partial charge >= 0.3 is 0 Å². The lowest BCUT2D eigenvalue weighted by Gasteiger charge is -2.35. The summed E-state index contributed by atoms with van der Waals surface area (Å²) in [4.78, 5) is 30.3. The summed E-state index contributed by atoms with van der Waals surface area (Å²) in [6, 6.07) is 7.34. The Kier molecular flexibility index (Phi) is 7.41. The molecule has 1 N–H and O–H groups in total. The molecule has 1 aromatic rings. The number of carbonyl (C=O) groups is 2. The minimum atomic E-state index is -0.382. The summed E-state index contributed by atoms with van der Waals surface area (Å²) in [5, 5.41) is 3.15. The van der Waals surface area contributed by atoms with Crippen LogP contribution >= 0.6 is 11.8 Å². The molecule has 5 nitrogen and oxygen atoms in total. The van der Waals surface area contributed by atoms with Crippen LogP contribution < -0.4 is 5.32 Å². The molecule has 2 aliphatic rings. The van der Waals surface area contributed by atoms with Crippen LogP contribution in [0.5, 0.6) is 0 Å². The summed E-state index contributed by atoms with van der Waals surface area (Å²) >= 11 is 1.79. The van der Waals surface area contributed by atoms with Crippen LogP contribution in [0.4, 0.5) is 0 Å². The Morgan fingerprint density at radius 1 is 1.14 bits per heavy atom. The summed E-state index contributed by atoms with van der Waals surface area (Å²) in [5.41, 5.74) is 1.81. The summed E-state index contributed by atoms with van der Waals surface area (Å²) in [6.07, 6.45) is 6.06. The minimum absolute atomic E-state index is 0.00617. The molecule has 0 unspecified atom stereocenters. The topological polar surface area (TPSA) is 52.7 Å². The van der Waals surface area contributed by atoms with Crippen LogP contribution in [-0.4, -0.2) is 66.0 Å². The zero-order valence-corrected chi connectivity index (χ0v) is 18.1. The molecule has 1 aliphatic heterocycles. The van der Waals surface area contributed by atoms with Crippen molar-refractivity contribution < 1.29 is 9.59 Å². The van der Waals surface area contributed by atoms with Gasteiger partial charge in [-0.05, 0) is 51.9 Å². The molecule has 3 rings (SSSR count). The fourth-order valence-corrected chi connectivity index (χ4v) is 5.77. The van der Waals surface area contributed by atoms with Crippen molar-refractivity contribution in [1.29, 1.82) is 0 Å². The number of aryl methyl sites for hydroxylation is 1. The maximum atomic E-state index is 13.4. The van der Waals surface area contributed by atoms with Crippen molar-refractivity contribution in [2.45, 2.75) is 50.4 Å². The van der Waals surface area contributed by atoms with Crippen molar-refractivity contribution in [1.82, 2.24) is 15.1 Å². The number of likely N-dealkylation sites (N-methyl/N-ethyl adjacent to an activating group) is 1. The average Bonchev–Trinajstić information content (AvgIpc) is 3.13. The minimum Gasteiger partial charge on any atom is -0.353 e. The zero-order chi connectivity index (χ0) is 20.1. The van der Waals surface area contributed by atoms with E-state index < -0.39 is 0 Å². The first kappa shape index (κ1) is 21.2. The molecule has 1 aliphatic carbocycles. The van der Waals surface area contributed by atoms with Crippen molar-refractivity contribution in [3.8, 4) is 0 Å². The van der Waals surface area contributed by atoms with Gasteiger partial charge < -0.3 is 15.1 Å². The third-order valence-corrected chi connectivity index (χ3v) is 7.24. The average molecular weight is 404 g/mol. The van der Waals surface area contributed by atoms with Gasteiger partial charge in [0.2, 0.25) is 5.91 Å². The van der Waals surface area contributed by atoms with Crippen molar-refractivity contribution in [3.63, 3.8) is 0 Å². The van der Waals surface area contributed by atoms with Crippen LogP contribution in [0.1, 0.15) is 48.0 Å². The van der Waals surface area contributed by atoms with E-state index in [9.17, 15) is 9.59 Å². The first-order valence-corrected chi connectivity index (χ1v) is 11.5. The summed E-state index contributed by atoms with van der Waals surface area (Å²) < 4.78 is 0. The van der Waals surface area contributed by atoms with E-state index in [1.165, 1.54) is 19.3 Å². The van der Waals surface area contributed by atoms with Gasteiger partial charge in [-0.25, -0.2) is 0 Å². The molecule has 2 atom stereocenters. The second-order valence-electron chi connectivity index (χ2n) is 8.31. The van der Waals surface area contributed by atoms with Crippen LogP contribution in [-0.2, 0) is 4.79 Å². The van der Waals surface area contributed by atoms with Gasteiger partial charge in [0.15, 0.2) is 0 Å². The molecule has 1 aromatic carbocycles. The van der Waals surface area contributed by atoms with Crippen molar-refractivity contribution in [2.24, 2.45) is 5.92 Å². The van der Waals surface area contributed by atoms with Gasteiger partial charge in [-0.1, -0.05) is 37.0 Å². The summed E-state index contributed by atoms with van der Waals surface area (Å²) in [6.45, 7) is 3.42. The lowest BCUT2D eigenvalue weighted by atomic mass is 9.88. The SMILES string of the molecule is Cc1ccc(C(=O)N2[C@H](C(=O)NCCN(C)C)CS[C@H]2C2CCCCC2)cc1. The fraction of sp³-hybridized carbons (Fsp3) is 0.636. The number of carbonyl (C=O) groups excluding carboxylic acids is 2. The molecule has 0 radical (unpaired) electrons. The third kappa shape index (κ3) is 5.09. The van der Waals surface area contributed by atoms with E-state index in [1.807, 2.05) is 55.1 Å². The van der Waals surface area contributed by atoms with Crippen molar-refractivity contribution >= 4 is 23.6 Å². The third-order valence-electron chi connectivity index (χ3n) is 5.78. The Morgan fingerprint density at radius 3 is 2.46 bits per heavy atom. The van der Waals surface area contributed by atoms with Gasteiger partial charge in [0.1, 0.15) is 6.04 Å². The molecule has 1 heterocycles. The Balaban J connectivity index is 1.78. The molecule has 1 saturated carbocycles. The highest BCUT2D eigenvalue weighted by molar-refractivity contribution is 8.00. The molecule has 1 saturated heterocycles. The zero-order valence-electron chi connectivity index (χ0n) is 17.3. The summed E-state index contributed by atoms with van der Waals surface area (Å²) in [5.74, 6) is 1.15. The normalized spacial score (nSPS) is 23.2. The molecule has 6 heteroatoms. The predicted octanol–water partition coefficient (Wildman–Crippen LogP) is 3.14. The van der Waals surface area contributed by atoms with Gasteiger partial charge in [-0.3, -0.25) is 9.59 Å². The molecule has 2 amide bonds. The Hall–Kier alpha value is -1.53. The number of rotatable bonds is 6. The maximum absolute atomic E-state index is 13.4. The molecule has 0 aromatic heterocycles. The van der Waals surface area contributed by atoms with Crippen LogP contribution in [0, 0.1) is 12.8 Å². The first-order chi connectivity index (χ1) is 13.5. The molecular formula is C22H33N3O2S. The van der Waals surface area contributed by atoms with Gasteiger partial charge in [0, 0.05) is 24.4 Å². The molecule has 154 valence electrons. The lowest BCUT2D eigenvalue weighted by molar-refractivity contribution is -0.125. The van der Waals surface area contributed by atoms with Gasteiger partial charge in [0.25, 0.3) is 5.91 Å². The van der Waals surface area contributed by atoms with E-state index in [0.29, 0.717) is 23.8 Å². The van der Waals surface area contributed by atoms with Gasteiger partial charge in [-0.2, -0.15) is 0 Å². The van der Waals surface area contributed by atoms with E-state index in [1.54, 1.807) is 11.8 Å². The van der Waals surface area contributed by atoms with Crippen LogP contribution in [0.15, 0.2) is 24.3 Å². The van der Waals surface area contributed by atoms with Gasteiger partial charge in [-0.15, -0.1) is 11.8 Å². The van der Waals surface area contributed by atoms with E-state index >= 15 is 0 Å². The van der Waals surface area contributed by atoms with E-state index in [4.69, 9.17) is 0 Å². The summed E-state index contributed by atoms with van der Waals surface area (Å²) in [7, 11) is 3.98. The highest BCUT2D eigenvalue weighted by Gasteiger charge is 2.45. The van der Waals surface area contributed by atoms with E-state index in [2.05, 4.69) is 5.32 Å². The number of nitrogens with zero attached hydrogens (tertiary/aromatic N) is 2. The van der Waals surface area contributed by atoms with Crippen molar-refractivity contribution in [3.05, 3.63) is 35.4 Å². The van der Waals surface area contributed by atoms with Crippen molar-refractivity contribution in [2.75, 3.05) is 32.9 Å².